The molecule has 24 heavy (non-hydrogen) atoms. The van der Waals surface area contributed by atoms with Crippen LogP contribution >= 0.6 is 0 Å². The quantitative estimate of drug-likeness (QED) is 0.549. The summed E-state index contributed by atoms with van der Waals surface area (Å²) in [6.07, 6.45) is 11.8. The van der Waals surface area contributed by atoms with E-state index in [1.807, 2.05) is 18.3 Å². The Hall–Kier alpha value is -1.63. The summed E-state index contributed by atoms with van der Waals surface area (Å²) in [7, 11) is 0. The lowest BCUT2D eigenvalue weighted by molar-refractivity contribution is 0.395. The number of hydrogen-bond acceptors (Lipinski definition) is 1. The molecule has 1 heterocycles. The van der Waals surface area contributed by atoms with Crippen molar-refractivity contribution in [3.63, 3.8) is 0 Å². The van der Waals surface area contributed by atoms with Gasteiger partial charge in [-0.2, -0.15) is 0 Å². The minimum Gasteiger partial charge on any atom is -0.256 e. The Morgan fingerprint density at radius 1 is 1.00 bits per heavy atom. The topological polar surface area (TPSA) is 12.9 Å². The summed E-state index contributed by atoms with van der Waals surface area (Å²) in [6.45, 7) is 4.81. The maximum atomic E-state index is 4.44. The summed E-state index contributed by atoms with van der Waals surface area (Å²) in [4.78, 5) is 4.44. The van der Waals surface area contributed by atoms with Gasteiger partial charge in [-0.15, -0.1) is 0 Å². The van der Waals surface area contributed by atoms with Crippen LogP contribution in [0.2, 0.25) is 0 Å². The van der Waals surface area contributed by atoms with Crippen LogP contribution in [0.5, 0.6) is 0 Å². The predicted molar refractivity (Wildman–Crippen MR) is 103 cm³/mol. The zero-order chi connectivity index (χ0) is 16.8. The minimum absolute atomic E-state index is 0.656. The van der Waals surface area contributed by atoms with E-state index in [9.17, 15) is 0 Å². The minimum atomic E-state index is 0.656. The molecular formula is C23H31N. The summed E-state index contributed by atoms with van der Waals surface area (Å²) in [6, 6.07) is 15.1. The summed E-state index contributed by atoms with van der Waals surface area (Å²) in [5.41, 5.74) is 3.74. The van der Waals surface area contributed by atoms with Gasteiger partial charge in [0.05, 0.1) is 5.69 Å². The van der Waals surface area contributed by atoms with E-state index in [4.69, 9.17) is 0 Å². The Balaban J connectivity index is 1.54. The van der Waals surface area contributed by atoms with Crippen molar-refractivity contribution in [2.24, 2.45) is 11.8 Å². The molecule has 0 N–H and O–H groups in total. The van der Waals surface area contributed by atoms with Gasteiger partial charge in [0.15, 0.2) is 0 Å². The van der Waals surface area contributed by atoms with Crippen molar-refractivity contribution in [1.82, 2.24) is 4.98 Å². The molecule has 1 saturated carbocycles. The van der Waals surface area contributed by atoms with Crippen LogP contribution in [0.1, 0.15) is 70.3 Å². The second kappa shape index (κ2) is 8.46. The second-order valence-electron chi connectivity index (χ2n) is 7.79. The molecule has 0 radical (unpaired) electrons. The lowest BCUT2D eigenvalue weighted by Crippen LogP contribution is -2.02. The van der Waals surface area contributed by atoms with Crippen LogP contribution in [0.25, 0.3) is 11.3 Å². The van der Waals surface area contributed by atoms with Crippen molar-refractivity contribution in [1.29, 1.82) is 0 Å². The third-order valence-electron chi connectivity index (χ3n) is 5.83. The molecule has 0 amide bonds. The first-order chi connectivity index (χ1) is 11.7. The first kappa shape index (κ1) is 17.2. The zero-order valence-electron chi connectivity index (χ0n) is 15.2. The lowest BCUT2D eigenvalue weighted by Gasteiger charge is -2.18. The Bertz CT molecular complexity index is 602. The van der Waals surface area contributed by atoms with E-state index in [0.29, 0.717) is 5.92 Å². The molecule has 3 atom stereocenters. The second-order valence-corrected chi connectivity index (χ2v) is 7.79. The molecule has 2 aromatic rings. The van der Waals surface area contributed by atoms with E-state index in [0.717, 1.165) is 17.5 Å². The van der Waals surface area contributed by atoms with Crippen molar-refractivity contribution in [3.05, 3.63) is 54.2 Å². The smallest absolute Gasteiger partial charge is 0.0701 e. The molecule has 2 unspecified atom stereocenters. The standard InChI is InChI=1S/C23H31N/c1-18-6-5-7-20(11-9-18)12-10-19(2)21-13-15-22(16-14-21)23-8-3-4-17-24-23/h3-4,8,13-20H,5-7,9-12H2,1-2H3/t18-,19?,20?/m1/s1. The maximum Gasteiger partial charge on any atom is 0.0701 e. The average Bonchev–Trinajstić information content (AvgIpc) is 2.85. The van der Waals surface area contributed by atoms with Crippen LogP contribution in [-0.2, 0) is 0 Å². The third-order valence-corrected chi connectivity index (χ3v) is 5.83. The van der Waals surface area contributed by atoms with Crippen molar-refractivity contribution < 1.29 is 0 Å². The number of hydrogen-bond donors (Lipinski definition) is 0. The predicted octanol–water partition coefficient (Wildman–Crippen LogP) is 6.85. The van der Waals surface area contributed by atoms with E-state index < -0.39 is 0 Å². The fourth-order valence-corrected chi connectivity index (χ4v) is 4.02. The molecule has 0 saturated heterocycles. The number of rotatable bonds is 5. The van der Waals surface area contributed by atoms with Gasteiger partial charge in [-0.1, -0.05) is 76.3 Å². The van der Waals surface area contributed by atoms with Crippen LogP contribution in [-0.4, -0.2) is 4.98 Å². The van der Waals surface area contributed by atoms with Gasteiger partial charge in [0.2, 0.25) is 0 Å². The van der Waals surface area contributed by atoms with Crippen LogP contribution in [0.15, 0.2) is 48.7 Å². The number of benzene rings is 1. The van der Waals surface area contributed by atoms with E-state index in [2.05, 4.69) is 49.2 Å². The van der Waals surface area contributed by atoms with Gasteiger partial charge in [-0.05, 0) is 48.3 Å². The maximum absolute atomic E-state index is 4.44. The number of nitrogens with zero attached hydrogens (tertiary/aromatic N) is 1. The molecular weight excluding hydrogens is 290 g/mol. The Kier molecular flexibility index (Phi) is 6.07. The zero-order valence-corrected chi connectivity index (χ0v) is 15.2. The Morgan fingerprint density at radius 3 is 2.58 bits per heavy atom. The van der Waals surface area contributed by atoms with Crippen molar-refractivity contribution in [2.75, 3.05) is 0 Å². The normalized spacial score (nSPS) is 22.8. The summed E-state index contributed by atoms with van der Waals surface area (Å²) in [5, 5.41) is 0. The van der Waals surface area contributed by atoms with Crippen molar-refractivity contribution >= 4 is 0 Å². The highest BCUT2D eigenvalue weighted by molar-refractivity contribution is 5.59. The van der Waals surface area contributed by atoms with Crippen LogP contribution < -0.4 is 0 Å². The van der Waals surface area contributed by atoms with E-state index in [-0.39, 0.29) is 0 Å². The summed E-state index contributed by atoms with van der Waals surface area (Å²) >= 11 is 0. The molecule has 0 bridgehead atoms. The van der Waals surface area contributed by atoms with Crippen LogP contribution in [0, 0.1) is 11.8 Å². The van der Waals surface area contributed by atoms with Gasteiger partial charge < -0.3 is 0 Å². The molecule has 0 spiro atoms. The lowest BCUT2D eigenvalue weighted by atomic mass is 9.88. The summed E-state index contributed by atoms with van der Waals surface area (Å²) < 4.78 is 0. The fourth-order valence-electron chi connectivity index (χ4n) is 4.02. The highest BCUT2D eigenvalue weighted by atomic mass is 14.7. The summed E-state index contributed by atoms with van der Waals surface area (Å²) in [5.74, 6) is 2.57. The van der Waals surface area contributed by atoms with Crippen LogP contribution in [0.4, 0.5) is 0 Å². The van der Waals surface area contributed by atoms with E-state index >= 15 is 0 Å². The average molecular weight is 322 g/mol. The van der Waals surface area contributed by atoms with E-state index in [1.54, 1.807) is 0 Å². The van der Waals surface area contributed by atoms with Crippen molar-refractivity contribution in [2.45, 2.75) is 64.7 Å². The molecule has 1 aromatic heterocycles. The third kappa shape index (κ3) is 4.69. The van der Waals surface area contributed by atoms with Gasteiger partial charge in [-0.25, -0.2) is 0 Å². The molecule has 1 aliphatic rings. The molecule has 1 heteroatoms. The SMILES string of the molecule is CC(CCC1CCC[C@@H](C)CC1)c1ccc(-c2ccccn2)cc1. The number of aromatic nitrogens is 1. The molecule has 128 valence electrons. The highest BCUT2D eigenvalue weighted by Gasteiger charge is 2.17. The van der Waals surface area contributed by atoms with Gasteiger partial charge >= 0.3 is 0 Å². The number of pyridine rings is 1. The monoisotopic (exact) mass is 321 g/mol. The molecule has 1 aromatic carbocycles. The van der Waals surface area contributed by atoms with Gasteiger partial charge in [-0.3, -0.25) is 4.98 Å². The largest absolute Gasteiger partial charge is 0.256 e. The molecule has 1 fully saturated rings. The molecule has 1 nitrogen and oxygen atoms in total. The fraction of sp³-hybridized carbons (Fsp3) is 0.522. The molecule has 1 aliphatic carbocycles. The van der Waals surface area contributed by atoms with Gasteiger partial charge in [0, 0.05) is 11.8 Å². The first-order valence-corrected chi connectivity index (χ1v) is 9.73. The van der Waals surface area contributed by atoms with Crippen LogP contribution in [0.3, 0.4) is 0 Å². The van der Waals surface area contributed by atoms with Gasteiger partial charge in [0.1, 0.15) is 0 Å². The first-order valence-electron chi connectivity index (χ1n) is 9.73. The van der Waals surface area contributed by atoms with Crippen molar-refractivity contribution in [3.8, 4) is 11.3 Å². The van der Waals surface area contributed by atoms with Gasteiger partial charge in [0.25, 0.3) is 0 Å². The molecule has 0 aliphatic heterocycles. The Labute approximate surface area is 147 Å². The Morgan fingerprint density at radius 2 is 1.83 bits per heavy atom. The highest BCUT2D eigenvalue weighted by Crippen LogP contribution is 2.32. The van der Waals surface area contributed by atoms with E-state index in [1.165, 1.54) is 56.1 Å². The molecule has 3 rings (SSSR count).